The number of ether oxygens (including phenoxy) is 2. The van der Waals surface area contributed by atoms with Crippen molar-refractivity contribution >= 4 is 16.8 Å². The van der Waals surface area contributed by atoms with Crippen LogP contribution in [-0.2, 0) is 9.47 Å². The highest BCUT2D eigenvalue weighted by Gasteiger charge is 2.52. The molecule has 1 aliphatic carbocycles. The van der Waals surface area contributed by atoms with Crippen LogP contribution in [0.25, 0.3) is 10.9 Å². The third kappa shape index (κ3) is 2.34. The highest BCUT2D eigenvalue weighted by atomic mass is 16.5. The van der Waals surface area contributed by atoms with E-state index in [1.807, 2.05) is 35.4 Å². The Morgan fingerprint density at radius 3 is 2.96 bits per heavy atom. The average molecular weight is 328 g/mol. The third-order valence-electron chi connectivity index (χ3n) is 5.94. The van der Waals surface area contributed by atoms with Gasteiger partial charge in [0.1, 0.15) is 0 Å². The van der Waals surface area contributed by atoms with Crippen molar-refractivity contribution in [3.63, 3.8) is 0 Å². The van der Waals surface area contributed by atoms with Crippen molar-refractivity contribution < 1.29 is 14.3 Å². The first-order valence-corrected chi connectivity index (χ1v) is 8.63. The lowest BCUT2D eigenvalue weighted by Crippen LogP contribution is -2.53. The predicted molar refractivity (Wildman–Crippen MR) is 92.1 cm³/mol. The van der Waals surface area contributed by atoms with Gasteiger partial charge in [-0.25, -0.2) is 0 Å². The van der Waals surface area contributed by atoms with E-state index in [0.717, 1.165) is 48.7 Å². The standard InChI is InChI=1S/C19H24N2O3/c1-23-15-5-7-19(24-2)8-10-21(17(19)12-15)18(22)14-4-3-13-6-9-20-16(13)11-14/h3-4,6,9,11,15,17,20H,5,7-8,10,12H2,1-2H3/t15-,17-,19+/m0/s1. The smallest absolute Gasteiger partial charge is 0.254 e. The Labute approximate surface area is 141 Å². The molecule has 0 unspecified atom stereocenters. The summed E-state index contributed by atoms with van der Waals surface area (Å²) in [6, 6.07) is 7.97. The monoisotopic (exact) mass is 328 g/mol. The lowest BCUT2D eigenvalue weighted by Gasteiger charge is -2.43. The summed E-state index contributed by atoms with van der Waals surface area (Å²) >= 11 is 0. The van der Waals surface area contributed by atoms with Gasteiger partial charge in [-0.1, -0.05) is 6.07 Å². The van der Waals surface area contributed by atoms with Crippen LogP contribution in [0.3, 0.4) is 0 Å². The number of aromatic nitrogens is 1. The summed E-state index contributed by atoms with van der Waals surface area (Å²) in [5.74, 6) is 0.0900. The number of carbonyl (C=O) groups is 1. The topological polar surface area (TPSA) is 54.6 Å². The van der Waals surface area contributed by atoms with Gasteiger partial charge in [-0.15, -0.1) is 0 Å². The zero-order chi connectivity index (χ0) is 16.7. The maximum absolute atomic E-state index is 13.1. The molecule has 5 heteroatoms. The molecule has 0 bridgehead atoms. The van der Waals surface area contributed by atoms with E-state index in [9.17, 15) is 4.79 Å². The number of carbonyl (C=O) groups excluding carboxylic acids is 1. The average Bonchev–Trinajstić information content (AvgIpc) is 3.24. The van der Waals surface area contributed by atoms with Crippen molar-refractivity contribution in [3.8, 4) is 0 Å². The molecule has 5 nitrogen and oxygen atoms in total. The third-order valence-corrected chi connectivity index (χ3v) is 5.94. The fraction of sp³-hybridized carbons (Fsp3) is 0.526. The number of likely N-dealkylation sites (tertiary alicyclic amines) is 1. The molecule has 2 fully saturated rings. The summed E-state index contributed by atoms with van der Waals surface area (Å²) in [5, 5.41) is 1.12. The van der Waals surface area contributed by atoms with Crippen molar-refractivity contribution in [2.45, 2.75) is 43.4 Å². The maximum Gasteiger partial charge on any atom is 0.254 e. The molecular formula is C19H24N2O3. The number of aromatic amines is 1. The zero-order valence-corrected chi connectivity index (χ0v) is 14.2. The highest BCUT2D eigenvalue weighted by Crippen LogP contribution is 2.43. The van der Waals surface area contributed by atoms with Crippen molar-refractivity contribution in [2.75, 3.05) is 20.8 Å². The van der Waals surface area contributed by atoms with Crippen LogP contribution in [0.4, 0.5) is 0 Å². The van der Waals surface area contributed by atoms with Crippen LogP contribution in [0, 0.1) is 0 Å². The van der Waals surface area contributed by atoms with Gasteiger partial charge < -0.3 is 19.4 Å². The van der Waals surface area contributed by atoms with E-state index in [1.54, 1.807) is 14.2 Å². The summed E-state index contributed by atoms with van der Waals surface area (Å²) < 4.78 is 11.5. The lowest BCUT2D eigenvalue weighted by atomic mass is 9.79. The molecule has 1 N–H and O–H groups in total. The number of methoxy groups -OCH3 is 2. The number of rotatable bonds is 3. The molecule has 2 aliphatic rings. The minimum Gasteiger partial charge on any atom is -0.381 e. The van der Waals surface area contributed by atoms with Gasteiger partial charge in [-0.2, -0.15) is 0 Å². The minimum absolute atomic E-state index is 0.0900. The van der Waals surface area contributed by atoms with Crippen molar-refractivity contribution in [1.29, 1.82) is 0 Å². The van der Waals surface area contributed by atoms with Gasteiger partial charge in [0.05, 0.1) is 17.7 Å². The molecule has 4 rings (SSSR count). The molecule has 1 aromatic heterocycles. The van der Waals surface area contributed by atoms with E-state index >= 15 is 0 Å². The first-order chi connectivity index (χ1) is 11.7. The number of hydrogen-bond donors (Lipinski definition) is 1. The number of amides is 1. The SMILES string of the molecule is CO[C@H]1CC[C@@]2(OC)CCN(C(=O)c3ccc4cc[nH]c4c3)[C@H]2C1. The maximum atomic E-state index is 13.1. The van der Waals surface area contributed by atoms with Gasteiger partial charge in [0, 0.05) is 38.0 Å². The van der Waals surface area contributed by atoms with Gasteiger partial charge in [-0.05, 0) is 49.3 Å². The molecule has 1 aliphatic heterocycles. The zero-order valence-electron chi connectivity index (χ0n) is 14.2. The van der Waals surface area contributed by atoms with Crippen molar-refractivity contribution in [1.82, 2.24) is 9.88 Å². The molecule has 2 heterocycles. The molecule has 0 spiro atoms. The van der Waals surface area contributed by atoms with E-state index in [1.165, 1.54) is 0 Å². The molecule has 3 atom stereocenters. The first kappa shape index (κ1) is 15.7. The second kappa shape index (κ2) is 5.90. The Balaban J connectivity index is 1.63. The quantitative estimate of drug-likeness (QED) is 0.942. The second-order valence-electron chi connectivity index (χ2n) is 6.95. The molecule has 2 aromatic rings. The van der Waals surface area contributed by atoms with E-state index in [-0.39, 0.29) is 23.7 Å². The lowest BCUT2D eigenvalue weighted by molar-refractivity contribution is -0.0893. The van der Waals surface area contributed by atoms with Gasteiger partial charge in [0.15, 0.2) is 0 Å². The Kier molecular flexibility index (Phi) is 3.85. The second-order valence-corrected chi connectivity index (χ2v) is 6.95. The Morgan fingerprint density at radius 2 is 2.17 bits per heavy atom. The molecule has 1 saturated heterocycles. The van der Waals surface area contributed by atoms with Crippen molar-refractivity contribution in [2.24, 2.45) is 0 Å². The molecule has 1 aromatic carbocycles. The Bertz CT molecular complexity index is 756. The van der Waals surface area contributed by atoms with Crippen LogP contribution in [0.2, 0.25) is 0 Å². The number of hydrogen-bond acceptors (Lipinski definition) is 3. The summed E-state index contributed by atoms with van der Waals surface area (Å²) in [6.07, 6.45) is 5.80. The minimum atomic E-state index is -0.207. The Hall–Kier alpha value is -1.85. The number of H-pyrrole nitrogens is 1. The summed E-state index contributed by atoms with van der Waals surface area (Å²) in [4.78, 5) is 18.3. The highest BCUT2D eigenvalue weighted by molar-refractivity contribution is 5.98. The first-order valence-electron chi connectivity index (χ1n) is 8.63. The molecule has 128 valence electrons. The molecule has 1 saturated carbocycles. The summed E-state index contributed by atoms with van der Waals surface area (Å²) in [5.41, 5.74) is 1.52. The van der Waals surface area contributed by atoms with E-state index in [4.69, 9.17) is 9.47 Å². The van der Waals surface area contributed by atoms with E-state index in [0.29, 0.717) is 0 Å². The number of nitrogens with one attached hydrogen (secondary N) is 1. The molecule has 0 radical (unpaired) electrons. The molecule has 24 heavy (non-hydrogen) atoms. The van der Waals surface area contributed by atoms with Crippen molar-refractivity contribution in [3.05, 3.63) is 36.0 Å². The normalized spacial score (nSPS) is 29.8. The van der Waals surface area contributed by atoms with E-state index < -0.39 is 0 Å². The van der Waals surface area contributed by atoms with Crippen LogP contribution in [0.1, 0.15) is 36.0 Å². The molecular weight excluding hydrogens is 304 g/mol. The molecule has 1 amide bonds. The predicted octanol–water partition coefficient (Wildman–Crippen LogP) is 2.97. The van der Waals surface area contributed by atoms with Gasteiger partial charge in [0.25, 0.3) is 5.91 Å². The van der Waals surface area contributed by atoms with Crippen LogP contribution in [0.5, 0.6) is 0 Å². The van der Waals surface area contributed by atoms with E-state index in [2.05, 4.69) is 4.98 Å². The van der Waals surface area contributed by atoms with Crippen LogP contribution in [0.15, 0.2) is 30.5 Å². The van der Waals surface area contributed by atoms with Crippen LogP contribution in [-0.4, -0.2) is 54.3 Å². The Morgan fingerprint density at radius 1 is 1.29 bits per heavy atom. The van der Waals surface area contributed by atoms with Crippen LogP contribution >= 0.6 is 0 Å². The number of nitrogens with zero attached hydrogens (tertiary/aromatic N) is 1. The fourth-order valence-corrected chi connectivity index (χ4v) is 4.47. The van der Waals surface area contributed by atoms with Gasteiger partial charge in [0.2, 0.25) is 0 Å². The van der Waals surface area contributed by atoms with Gasteiger partial charge >= 0.3 is 0 Å². The summed E-state index contributed by atoms with van der Waals surface area (Å²) in [7, 11) is 3.53. The van der Waals surface area contributed by atoms with Crippen LogP contribution < -0.4 is 0 Å². The number of fused-ring (bicyclic) bond motifs is 2. The van der Waals surface area contributed by atoms with Gasteiger partial charge in [-0.3, -0.25) is 4.79 Å². The number of benzene rings is 1. The largest absolute Gasteiger partial charge is 0.381 e. The fourth-order valence-electron chi connectivity index (χ4n) is 4.47. The summed E-state index contributed by atoms with van der Waals surface area (Å²) in [6.45, 7) is 0.747.